The Hall–Kier alpha value is -0.0800. The zero-order chi connectivity index (χ0) is 13.8. The molecule has 0 aromatic carbocycles. The molecule has 3 fully saturated rings. The Bertz CT molecular complexity index is 354. The molecule has 1 atom stereocenters. The molecule has 0 aromatic heterocycles. The first-order valence-electron chi connectivity index (χ1n) is 8.15. The third-order valence-corrected chi connectivity index (χ3v) is 4.88. The van der Waals surface area contributed by atoms with Gasteiger partial charge in [0.2, 0.25) is 0 Å². The van der Waals surface area contributed by atoms with Crippen molar-refractivity contribution < 1.29 is 4.74 Å². The molecular formula is C15H29IN4O. The van der Waals surface area contributed by atoms with Crippen LogP contribution in [0.3, 0.4) is 0 Å². The van der Waals surface area contributed by atoms with Gasteiger partial charge in [0.1, 0.15) is 0 Å². The average Bonchev–Trinajstić information content (AvgIpc) is 3.02. The third kappa shape index (κ3) is 4.22. The highest BCUT2D eigenvalue weighted by Crippen LogP contribution is 2.38. The normalized spacial score (nSPS) is 29.6. The van der Waals surface area contributed by atoms with Crippen LogP contribution >= 0.6 is 24.0 Å². The predicted octanol–water partition coefficient (Wildman–Crippen LogP) is 1.39. The number of halogens is 1. The van der Waals surface area contributed by atoms with E-state index >= 15 is 0 Å². The van der Waals surface area contributed by atoms with Gasteiger partial charge in [0.05, 0.1) is 13.2 Å². The maximum Gasteiger partial charge on any atom is 0.193 e. The van der Waals surface area contributed by atoms with Crippen LogP contribution in [0.25, 0.3) is 0 Å². The third-order valence-electron chi connectivity index (χ3n) is 4.88. The topological polar surface area (TPSA) is 40.1 Å². The van der Waals surface area contributed by atoms with Gasteiger partial charge in [-0.2, -0.15) is 0 Å². The number of guanidine groups is 1. The van der Waals surface area contributed by atoms with E-state index in [0.717, 1.165) is 51.9 Å². The van der Waals surface area contributed by atoms with Gasteiger partial charge in [-0.25, -0.2) is 0 Å². The maximum absolute atomic E-state index is 5.61. The molecule has 1 N–H and O–H groups in total. The number of nitrogens with one attached hydrogen (secondary N) is 1. The minimum Gasteiger partial charge on any atom is -0.381 e. The summed E-state index contributed by atoms with van der Waals surface area (Å²) in [6.07, 6.45) is 3.83. The molecule has 0 bridgehead atoms. The van der Waals surface area contributed by atoms with Crippen LogP contribution in [0, 0.1) is 5.41 Å². The van der Waals surface area contributed by atoms with Crippen molar-refractivity contribution >= 4 is 29.9 Å². The number of hydrogen-bond donors (Lipinski definition) is 1. The van der Waals surface area contributed by atoms with Crippen LogP contribution in [0.4, 0.5) is 0 Å². The van der Waals surface area contributed by atoms with Crippen LogP contribution in [0.1, 0.15) is 26.2 Å². The van der Waals surface area contributed by atoms with E-state index in [1.54, 1.807) is 0 Å². The van der Waals surface area contributed by atoms with Gasteiger partial charge >= 0.3 is 0 Å². The van der Waals surface area contributed by atoms with E-state index in [2.05, 4.69) is 22.0 Å². The van der Waals surface area contributed by atoms with E-state index in [1.165, 1.54) is 32.4 Å². The summed E-state index contributed by atoms with van der Waals surface area (Å²) in [5, 5.41) is 3.46. The van der Waals surface area contributed by atoms with Gasteiger partial charge in [0, 0.05) is 38.2 Å². The largest absolute Gasteiger partial charge is 0.381 e. The van der Waals surface area contributed by atoms with Crippen molar-refractivity contribution in [3.05, 3.63) is 0 Å². The molecule has 3 saturated heterocycles. The van der Waals surface area contributed by atoms with E-state index < -0.39 is 0 Å². The van der Waals surface area contributed by atoms with Gasteiger partial charge in [-0.1, -0.05) is 0 Å². The number of nitrogens with zero attached hydrogens (tertiary/aromatic N) is 3. The molecule has 21 heavy (non-hydrogen) atoms. The molecular weight excluding hydrogens is 379 g/mol. The first kappa shape index (κ1) is 17.3. The summed E-state index contributed by atoms with van der Waals surface area (Å²) in [6.45, 7) is 11.8. The van der Waals surface area contributed by atoms with Crippen LogP contribution in [0.15, 0.2) is 4.99 Å². The Morgan fingerprint density at radius 3 is 2.76 bits per heavy atom. The van der Waals surface area contributed by atoms with Crippen LogP contribution in [0.2, 0.25) is 0 Å². The van der Waals surface area contributed by atoms with E-state index in [4.69, 9.17) is 9.73 Å². The summed E-state index contributed by atoms with van der Waals surface area (Å²) in [4.78, 5) is 9.74. The van der Waals surface area contributed by atoms with E-state index in [1.807, 2.05) is 0 Å². The Kier molecular flexibility index (Phi) is 6.55. The van der Waals surface area contributed by atoms with Crippen molar-refractivity contribution in [2.24, 2.45) is 10.4 Å². The lowest BCUT2D eigenvalue weighted by molar-refractivity contribution is 0.156. The number of aliphatic imine (C=N–C) groups is 1. The van der Waals surface area contributed by atoms with Gasteiger partial charge in [0.25, 0.3) is 0 Å². The lowest BCUT2D eigenvalue weighted by Crippen LogP contribution is -2.43. The predicted molar refractivity (Wildman–Crippen MR) is 96.5 cm³/mol. The Morgan fingerprint density at radius 2 is 2.14 bits per heavy atom. The van der Waals surface area contributed by atoms with E-state index in [-0.39, 0.29) is 24.0 Å². The van der Waals surface area contributed by atoms with Crippen LogP contribution in [-0.4, -0.2) is 74.8 Å². The van der Waals surface area contributed by atoms with Gasteiger partial charge in [-0.3, -0.25) is 4.99 Å². The van der Waals surface area contributed by atoms with Crippen LogP contribution in [-0.2, 0) is 4.74 Å². The van der Waals surface area contributed by atoms with Gasteiger partial charge in [-0.15, -0.1) is 24.0 Å². The first-order valence-corrected chi connectivity index (χ1v) is 8.15. The van der Waals surface area contributed by atoms with Crippen molar-refractivity contribution in [2.45, 2.75) is 26.2 Å². The second-order valence-corrected chi connectivity index (χ2v) is 6.40. The molecule has 3 rings (SSSR count). The quantitative estimate of drug-likeness (QED) is 0.434. The molecule has 0 saturated carbocycles. The molecule has 6 heteroatoms. The summed E-state index contributed by atoms with van der Waals surface area (Å²) in [6, 6.07) is 0. The number of ether oxygens (including phenoxy) is 1. The molecule has 5 nitrogen and oxygen atoms in total. The standard InChI is InChI=1S/C15H28N4O.HI/c1-2-16-14(17-6-10-18-7-3-8-18)19-9-4-15(12-19)5-11-20-13-15;/h2-13H2,1H3,(H,16,17);1H. The highest BCUT2D eigenvalue weighted by Gasteiger charge is 2.42. The van der Waals surface area contributed by atoms with Crippen molar-refractivity contribution in [3.8, 4) is 0 Å². The van der Waals surface area contributed by atoms with E-state index in [9.17, 15) is 0 Å². The van der Waals surface area contributed by atoms with Crippen LogP contribution < -0.4 is 5.32 Å². The van der Waals surface area contributed by atoms with Crippen molar-refractivity contribution in [3.63, 3.8) is 0 Å². The smallest absolute Gasteiger partial charge is 0.193 e. The average molecular weight is 408 g/mol. The second kappa shape index (κ2) is 7.97. The SMILES string of the molecule is CCNC(=NCCN1CCC1)N1CCC2(CCOC2)C1.I. The molecule has 3 aliphatic heterocycles. The van der Waals surface area contributed by atoms with Gasteiger partial charge in [0.15, 0.2) is 5.96 Å². The monoisotopic (exact) mass is 408 g/mol. The summed E-state index contributed by atoms with van der Waals surface area (Å²) in [5.41, 5.74) is 0.410. The summed E-state index contributed by atoms with van der Waals surface area (Å²) in [7, 11) is 0. The maximum atomic E-state index is 5.61. The highest BCUT2D eigenvalue weighted by molar-refractivity contribution is 14.0. The minimum absolute atomic E-state index is 0. The summed E-state index contributed by atoms with van der Waals surface area (Å²) in [5.74, 6) is 1.11. The van der Waals surface area contributed by atoms with Crippen molar-refractivity contribution in [1.29, 1.82) is 0 Å². The van der Waals surface area contributed by atoms with Crippen molar-refractivity contribution in [2.75, 3.05) is 59.0 Å². The molecule has 0 amide bonds. The first-order chi connectivity index (χ1) is 9.81. The lowest BCUT2D eigenvalue weighted by Gasteiger charge is -2.30. The Morgan fingerprint density at radius 1 is 1.29 bits per heavy atom. The summed E-state index contributed by atoms with van der Waals surface area (Å²) < 4.78 is 5.61. The molecule has 1 unspecified atom stereocenters. The Labute approximate surface area is 145 Å². The number of rotatable bonds is 4. The molecule has 0 radical (unpaired) electrons. The molecule has 0 aromatic rings. The highest BCUT2D eigenvalue weighted by atomic mass is 127. The van der Waals surface area contributed by atoms with E-state index in [0.29, 0.717) is 5.41 Å². The lowest BCUT2D eigenvalue weighted by atomic mass is 9.87. The number of hydrogen-bond acceptors (Lipinski definition) is 3. The molecule has 122 valence electrons. The van der Waals surface area contributed by atoms with Gasteiger partial charge < -0.3 is 19.9 Å². The molecule has 0 aliphatic carbocycles. The minimum atomic E-state index is 0. The molecule has 1 spiro atoms. The molecule has 3 heterocycles. The molecule has 3 aliphatic rings. The zero-order valence-corrected chi connectivity index (χ0v) is 15.5. The zero-order valence-electron chi connectivity index (χ0n) is 13.1. The number of likely N-dealkylation sites (tertiary alicyclic amines) is 2. The fourth-order valence-corrected chi connectivity index (χ4v) is 3.42. The van der Waals surface area contributed by atoms with Gasteiger partial charge in [-0.05, 0) is 39.3 Å². The van der Waals surface area contributed by atoms with Crippen molar-refractivity contribution in [1.82, 2.24) is 15.1 Å². The van der Waals surface area contributed by atoms with Crippen LogP contribution in [0.5, 0.6) is 0 Å². The fraction of sp³-hybridized carbons (Fsp3) is 0.933. The fourth-order valence-electron chi connectivity index (χ4n) is 3.42. The second-order valence-electron chi connectivity index (χ2n) is 6.40. The summed E-state index contributed by atoms with van der Waals surface area (Å²) >= 11 is 0. The Balaban J connectivity index is 0.00000161.